The van der Waals surface area contributed by atoms with E-state index < -0.39 is 41.7 Å². The lowest BCUT2D eigenvalue weighted by Crippen LogP contribution is -2.48. The van der Waals surface area contributed by atoms with Gasteiger partial charge in [-0.2, -0.15) is 0 Å². The van der Waals surface area contributed by atoms with Gasteiger partial charge in [-0.1, -0.05) is 71.8 Å². The number of ketones is 1. The zero-order valence-corrected chi connectivity index (χ0v) is 23.3. The first-order valence-electron chi connectivity index (χ1n) is 13.2. The molecule has 1 heterocycles. The molecule has 0 radical (unpaired) electrons. The number of benzene rings is 4. The van der Waals surface area contributed by atoms with E-state index in [0.717, 1.165) is 11.1 Å². The van der Waals surface area contributed by atoms with Crippen LogP contribution in [-0.4, -0.2) is 28.7 Å². The number of rotatable bonds is 6. The molecule has 0 aromatic heterocycles. The molecule has 208 valence electrons. The van der Waals surface area contributed by atoms with Crippen molar-refractivity contribution < 1.29 is 18.8 Å². The number of hydrogen-bond acceptors (Lipinski definition) is 3. The number of hydrogen-bond donors (Lipinski definition) is 2. The first-order valence-corrected chi connectivity index (χ1v) is 13.6. The number of carbonyl (C=O) groups excluding carboxylic acids is 3. The van der Waals surface area contributed by atoms with Crippen molar-refractivity contribution in [2.24, 2.45) is 11.7 Å². The van der Waals surface area contributed by atoms with E-state index in [2.05, 4.69) is 5.32 Å². The van der Waals surface area contributed by atoms with Gasteiger partial charge in [0.1, 0.15) is 11.9 Å². The number of primary amides is 1. The van der Waals surface area contributed by atoms with Crippen molar-refractivity contribution in [3.8, 4) is 0 Å². The third-order valence-corrected chi connectivity index (χ3v) is 7.79. The van der Waals surface area contributed by atoms with Gasteiger partial charge in [0.05, 0.1) is 12.0 Å². The van der Waals surface area contributed by atoms with Crippen LogP contribution in [0.3, 0.4) is 0 Å². The van der Waals surface area contributed by atoms with Gasteiger partial charge in [-0.3, -0.25) is 9.59 Å². The van der Waals surface area contributed by atoms with Crippen molar-refractivity contribution in [1.82, 2.24) is 4.90 Å². The van der Waals surface area contributed by atoms with Gasteiger partial charge in [0.15, 0.2) is 5.78 Å². The molecule has 1 saturated heterocycles. The maximum atomic E-state index is 14.4. The second kappa shape index (κ2) is 11.6. The normalized spacial score (nSPS) is 20.0. The Balaban J connectivity index is 1.73. The monoisotopic (exact) mass is 569 g/mol. The van der Waals surface area contributed by atoms with Crippen LogP contribution in [0.5, 0.6) is 0 Å². The van der Waals surface area contributed by atoms with Gasteiger partial charge in [0, 0.05) is 22.2 Å². The number of nitrogens with zero attached hydrogens (tertiary/aromatic N) is 1. The summed E-state index contributed by atoms with van der Waals surface area (Å²) in [6, 6.07) is 24.1. The van der Waals surface area contributed by atoms with E-state index in [1.165, 1.54) is 29.2 Å². The minimum Gasteiger partial charge on any atom is -0.368 e. The smallest absolute Gasteiger partial charge is 0.323 e. The Kier molecular flexibility index (Phi) is 7.90. The SMILES string of the molecule is Cc1cccc(NC(=O)N2C(C(N)=O)C(c3ccc(F)cc3)C(C(=O)c3cccc(C)c3)C2c2ccc(Cl)cc2)c1. The number of amides is 3. The largest absolute Gasteiger partial charge is 0.368 e. The molecular weight excluding hydrogens is 541 g/mol. The summed E-state index contributed by atoms with van der Waals surface area (Å²) in [6.45, 7) is 3.78. The molecule has 0 aliphatic carbocycles. The molecule has 4 aromatic rings. The molecule has 1 fully saturated rings. The summed E-state index contributed by atoms with van der Waals surface area (Å²) in [5.41, 5.74) is 9.93. The van der Waals surface area contributed by atoms with E-state index >= 15 is 0 Å². The predicted octanol–water partition coefficient (Wildman–Crippen LogP) is 6.82. The van der Waals surface area contributed by atoms with Gasteiger partial charge in [-0.15, -0.1) is 0 Å². The molecular formula is C33H29ClFN3O3. The summed E-state index contributed by atoms with van der Waals surface area (Å²) < 4.78 is 14.0. The summed E-state index contributed by atoms with van der Waals surface area (Å²) in [6.07, 6.45) is 0. The molecule has 4 unspecified atom stereocenters. The summed E-state index contributed by atoms with van der Waals surface area (Å²) >= 11 is 6.20. The highest BCUT2D eigenvalue weighted by Gasteiger charge is 2.57. The second-order valence-electron chi connectivity index (χ2n) is 10.4. The molecule has 1 aliphatic rings. The number of nitrogens with two attached hydrogens (primary N) is 1. The Hall–Kier alpha value is -4.49. The zero-order chi connectivity index (χ0) is 29.3. The number of halogens is 2. The Morgan fingerprint density at radius 2 is 1.44 bits per heavy atom. The van der Waals surface area contributed by atoms with E-state index in [0.29, 0.717) is 27.4 Å². The Labute approximate surface area is 242 Å². The van der Waals surface area contributed by atoms with E-state index in [1.807, 2.05) is 32.0 Å². The topological polar surface area (TPSA) is 92.5 Å². The number of anilines is 1. The van der Waals surface area contributed by atoms with Crippen molar-refractivity contribution in [3.05, 3.63) is 136 Å². The van der Waals surface area contributed by atoms with Crippen LogP contribution in [0.4, 0.5) is 14.9 Å². The van der Waals surface area contributed by atoms with Crippen LogP contribution in [0.1, 0.15) is 44.6 Å². The molecule has 0 saturated carbocycles. The maximum absolute atomic E-state index is 14.4. The summed E-state index contributed by atoms with van der Waals surface area (Å²) in [7, 11) is 0. The van der Waals surface area contributed by atoms with E-state index in [4.69, 9.17) is 17.3 Å². The van der Waals surface area contributed by atoms with Crippen LogP contribution in [0.15, 0.2) is 97.1 Å². The Morgan fingerprint density at radius 1 is 0.829 bits per heavy atom. The van der Waals surface area contributed by atoms with E-state index in [1.54, 1.807) is 54.6 Å². The minimum absolute atomic E-state index is 0.264. The summed E-state index contributed by atoms with van der Waals surface area (Å²) in [4.78, 5) is 43.1. The van der Waals surface area contributed by atoms with Crippen LogP contribution in [0, 0.1) is 25.6 Å². The molecule has 3 N–H and O–H groups in total. The second-order valence-corrected chi connectivity index (χ2v) is 10.8. The number of urea groups is 1. The molecule has 0 bridgehead atoms. The molecule has 1 aliphatic heterocycles. The number of nitrogens with one attached hydrogen (secondary N) is 1. The highest BCUT2D eigenvalue weighted by Crippen LogP contribution is 2.51. The van der Waals surface area contributed by atoms with Crippen molar-refractivity contribution in [2.75, 3.05) is 5.32 Å². The quantitative estimate of drug-likeness (QED) is 0.249. The fraction of sp³-hybridized carbons (Fsp3) is 0.182. The average Bonchev–Trinajstić information content (AvgIpc) is 3.30. The third-order valence-electron chi connectivity index (χ3n) is 7.53. The molecule has 4 aromatic carbocycles. The summed E-state index contributed by atoms with van der Waals surface area (Å²) in [5, 5.41) is 3.37. The van der Waals surface area contributed by atoms with E-state index in [-0.39, 0.29) is 5.78 Å². The predicted molar refractivity (Wildman–Crippen MR) is 157 cm³/mol. The Morgan fingerprint density at radius 3 is 2.05 bits per heavy atom. The molecule has 41 heavy (non-hydrogen) atoms. The molecule has 5 rings (SSSR count). The molecule has 8 heteroatoms. The van der Waals surface area contributed by atoms with Crippen LogP contribution < -0.4 is 11.1 Å². The highest BCUT2D eigenvalue weighted by molar-refractivity contribution is 6.30. The van der Waals surface area contributed by atoms with Gasteiger partial charge in [-0.05, 0) is 73.0 Å². The zero-order valence-electron chi connectivity index (χ0n) is 22.6. The first kappa shape index (κ1) is 28.1. The fourth-order valence-electron chi connectivity index (χ4n) is 5.79. The van der Waals surface area contributed by atoms with Crippen LogP contribution in [0.2, 0.25) is 5.02 Å². The number of carbonyl (C=O) groups is 3. The van der Waals surface area contributed by atoms with Crippen molar-refractivity contribution in [2.45, 2.75) is 31.8 Å². The first-order chi connectivity index (χ1) is 19.6. The number of likely N-dealkylation sites (tertiary alicyclic amines) is 1. The molecule has 6 nitrogen and oxygen atoms in total. The van der Waals surface area contributed by atoms with Gasteiger partial charge in [0.25, 0.3) is 0 Å². The number of aryl methyl sites for hydroxylation is 2. The summed E-state index contributed by atoms with van der Waals surface area (Å²) in [5.74, 6) is -3.29. The van der Waals surface area contributed by atoms with Crippen LogP contribution in [0.25, 0.3) is 0 Å². The van der Waals surface area contributed by atoms with Crippen molar-refractivity contribution in [1.29, 1.82) is 0 Å². The van der Waals surface area contributed by atoms with Gasteiger partial charge in [0.2, 0.25) is 5.91 Å². The maximum Gasteiger partial charge on any atom is 0.323 e. The lowest BCUT2D eigenvalue weighted by atomic mass is 9.76. The lowest BCUT2D eigenvalue weighted by molar-refractivity contribution is -0.122. The Bertz CT molecular complexity index is 1610. The van der Waals surface area contributed by atoms with Crippen LogP contribution >= 0.6 is 11.6 Å². The third kappa shape index (κ3) is 5.72. The fourth-order valence-corrected chi connectivity index (χ4v) is 5.92. The lowest BCUT2D eigenvalue weighted by Gasteiger charge is -2.31. The van der Waals surface area contributed by atoms with E-state index in [9.17, 15) is 18.8 Å². The highest BCUT2D eigenvalue weighted by atomic mass is 35.5. The van der Waals surface area contributed by atoms with Gasteiger partial charge in [-0.25, -0.2) is 9.18 Å². The molecule has 4 atom stereocenters. The molecule has 3 amide bonds. The van der Waals surface area contributed by atoms with Crippen LogP contribution in [-0.2, 0) is 4.79 Å². The molecule has 0 spiro atoms. The van der Waals surface area contributed by atoms with Crippen molar-refractivity contribution in [3.63, 3.8) is 0 Å². The minimum atomic E-state index is -1.22. The average molecular weight is 570 g/mol. The van der Waals surface area contributed by atoms with Crippen molar-refractivity contribution >= 4 is 35.0 Å². The van der Waals surface area contributed by atoms with Gasteiger partial charge < -0.3 is 16.0 Å². The number of Topliss-reactive ketones (excluding diaryl/α,β-unsaturated/α-hetero) is 1. The standard InChI is InChI=1S/C33H29ClFN3O3/c1-19-5-3-7-23(17-19)31(39)28-27(21-11-15-25(35)16-12-21)30(32(36)40)38(29(28)22-9-13-24(34)14-10-22)33(41)37-26-8-4-6-20(2)18-26/h3-18,27-30H,1-2H3,(H2,36,40)(H,37,41). The van der Waals surface area contributed by atoms with Gasteiger partial charge >= 0.3 is 6.03 Å².